The van der Waals surface area contributed by atoms with Crippen molar-refractivity contribution in [3.8, 4) is 6.07 Å². The fourth-order valence-corrected chi connectivity index (χ4v) is 2.02. The van der Waals surface area contributed by atoms with Crippen LogP contribution in [0.4, 0.5) is 10.5 Å². The maximum atomic E-state index is 12.4. The quantitative estimate of drug-likeness (QED) is 0.401. The minimum Gasteiger partial charge on any atom is -0.462 e. The van der Waals surface area contributed by atoms with E-state index in [9.17, 15) is 19.6 Å². The second-order valence-electron chi connectivity index (χ2n) is 5.06. The summed E-state index contributed by atoms with van der Waals surface area (Å²) in [6, 6.07) is 7.95. The Morgan fingerprint density at radius 2 is 1.89 bits per heavy atom. The lowest BCUT2D eigenvalue weighted by atomic mass is 10.1. The Morgan fingerprint density at radius 1 is 1.22 bits per heavy atom. The SMILES string of the molecule is CCOC(=O)c1ccccc1NC(=O)/C(C#N)=C\N(CCN)C(=O)OCC. The fourth-order valence-electron chi connectivity index (χ4n) is 2.02. The van der Waals surface area contributed by atoms with Gasteiger partial charge in [-0.15, -0.1) is 0 Å². The van der Waals surface area contributed by atoms with Crippen LogP contribution in [0.1, 0.15) is 24.2 Å². The Hall–Kier alpha value is -3.38. The first kappa shape index (κ1) is 21.7. The largest absolute Gasteiger partial charge is 0.462 e. The summed E-state index contributed by atoms with van der Waals surface area (Å²) in [5, 5.41) is 11.8. The molecule has 9 nitrogen and oxygen atoms in total. The number of nitrogens with two attached hydrogens (primary N) is 1. The maximum Gasteiger partial charge on any atom is 0.413 e. The molecule has 144 valence electrons. The van der Waals surface area contributed by atoms with Gasteiger partial charge in [0.1, 0.15) is 11.6 Å². The molecule has 1 aromatic rings. The highest BCUT2D eigenvalue weighted by molar-refractivity contribution is 6.09. The predicted octanol–water partition coefficient (Wildman–Crippen LogP) is 1.63. The summed E-state index contributed by atoms with van der Waals surface area (Å²) in [6.45, 7) is 3.79. The van der Waals surface area contributed by atoms with Crippen LogP contribution in [0.15, 0.2) is 36.0 Å². The number of carbonyl (C=O) groups is 3. The zero-order valence-corrected chi connectivity index (χ0v) is 15.2. The molecule has 0 radical (unpaired) electrons. The third kappa shape index (κ3) is 6.45. The van der Waals surface area contributed by atoms with Crippen LogP contribution in [0.2, 0.25) is 0 Å². The number of anilines is 1. The molecule has 0 aliphatic carbocycles. The normalized spacial score (nSPS) is 10.5. The lowest BCUT2D eigenvalue weighted by Crippen LogP contribution is -2.32. The van der Waals surface area contributed by atoms with E-state index in [1.165, 1.54) is 12.1 Å². The molecule has 3 N–H and O–H groups in total. The van der Waals surface area contributed by atoms with Gasteiger partial charge in [-0.3, -0.25) is 9.69 Å². The minimum absolute atomic E-state index is 0.0662. The number of esters is 1. The minimum atomic E-state index is -0.791. The molecular weight excluding hydrogens is 352 g/mol. The van der Waals surface area contributed by atoms with Crippen LogP contribution in [0.25, 0.3) is 0 Å². The van der Waals surface area contributed by atoms with Crippen molar-refractivity contribution in [2.24, 2.45) is 5.73 Å². The van der Waals surface area contributed by atoms with Crippen molar-refractivity contribution in [2.45, 2.75) is 13.8 Å². The molecule has 0 fully saturated rings. The van der Waals surface area contributed by atoms with Gasteiger partial charge in [-0.2, -0.15) is 5.26 Å². The van der Waals surface area contributed by atoms with E-state index in [4.69, 9.17) is 15.2 Å². The second kappa shape index (κ2) is 11.3. The van der Waals surface area contributed by atoms with Gasteiger partial charge >= 0.3 is 12.1 Å². The van der Waals surface area contributed by atoms with E-state index in [1.807, 2.05) is 0 Å². The number of carbonyl (C=O) groups excluding carboxylic acids is 3. The smallest absolute Gasteiger partial charge is 0.413 e. The molecule has 0 aromatic heterocycles. The highest BCUT2D eigenvalue weighted by Crippen LogP contribution is 2.17. The van der Waals surface area contributed by atoms with E-state index >= 15 is 0 Å². The zero-order chi connectivity index (χ0) is 20.2. The number of hydrogen-bond donors (Lipinski definition) is 2. The van der Waals surface area contributed by atoms with Gasteiger partial charge in [0.05, 0.1) is 24.5 Å². The fraction of sp³-hybridized carbons (Fsp3) is 0.333. The van der Waals surface area contributed by atoms with Gasteiger partial charge in [0, 0.05) is 19.3 Å². The third-order valence-electron chi connectivity index (χ3n) is 3.19. The molecule has 0 aliphatic rings. The van der Waals surface area contributed by atoms with Crippen LogP contribution in [0, 0.1) is 11.3 Å². The third-order valence-corrected chi connectivity index (χ3v) is 3.19. The molecular formula is C18H22N4O5. The first-order chi connectivity index (χ1) is 13.0. The molecule has 9 heteroatoms. The van der Waals surface area contributed by atoms with Crippen LogP contribution < -0.4 is 11.1 Å². The van der Waals surface area contributed by atoms with E-state index in [2.05, 4.69) is 5.32 Å². The summed E-state index contributed by atoms with van der Waals surface area (Å²) in [4.78, 5) is 37.3. The number of ether oxygens (including phenoxy) is 2. The summed E-state index contributed by atoms with van der Waals surface area (Å²) < 4.78 is 9.80. The molecule has 0 saturated heterocycles. The molecule has 0 spiro atoms. The van der Waals surface area contributed by atoms with Gasteiger partial charge in [-0.25, -0.2) is 9.59 Å². The molecule has 0 saturated carbocycles. The van der Waals surface area contributed by atoms with Crippen molar-refractivity contribution in [3.63, 3.8) is 0 Å². The highest BCUT2D eigenvalue weighted by atomic mass is 16.6. The molecule has 1 aromatic carbocycles. The molecule has 0 aliphatic heterocycles. The van der Waals surface area contributed by atoms with Crippen molar-refractivity contribution >= 4 is 23.7 Å². The lowest BCUT2D eigenvalue weighted by Gasteiger charge is -2.17. The molecule has 2 amide bonds. The number of benzene rings is 1. The van der Waals surface area contributed by atoms with Crippen molar-refractivity contribution in [2.75, 3.05) is 31.6 Å². The monoisotopic (exact) mass is 374 g/mol. The van der Waals surface area contributed by atoms with E-state index < -0.39 is 18.0 Å². The number of rotatable bonds is 8. The summed E-state index contributed by atoms with van der Waals surface area (Å²) in [7, 11) is 0. The van der Waals surface area contributed by atoms with E-state index in [1.54, 1.807) is 32.0 Å². The van der Waals surface area contributed by atoms with Gasteiger partial charge in [0.15, 0.2) is 0 Å². The van der Waals surface area contributed by atoms with Gasteiger partial charge in [-0.05, 0) is 26.0 Å². The van der Waals surface area contributed by atoms with Crippen molar-refractivity contribution in [1.29, 1.82) is 5.26 Å². The zero-order valence-electron chi connectivity index (χ0n) is 15.2. The van der Waals surface area contributed by atoms with Gasteiger partial charge in [-0.1, -0.05) is 12.1 Å². The number of para-hydroxylation sites is 1. The first-order valence-electron chi connectivity index (χ1n) is 8.31. The van der Waals surface area contributed by atoms with Crippen molar-refractivity contribution in [3.05, 3.63) is 41.6 Å². The summed E-state index contributed by atoms with van der Waals surface area (Å²) in [6.07, 6.45) is 0.336. The first-order valence-corrected chi connectivity index (χ1v) is 8.31. The van der Waals surface area contributed by atoms with Gasteiger partial charge in [0.2, 0.25) is 0 Å². The van der Waals surface area contributed by atoms with Crippen molar-refractivity contribution in [1.82, 2.24) is 4.90 Å². The van der Waals surface area contributed by atoms with Gasteiger partial charge < -0.3 is 20.5 Å². The topological polar surface area (TPSA) is 135 Å². The van der Waals surface area contributed by atoms with Crippen LogP contribution in [-0.4, -0.2) is 49.2 Å². The number of hydrogen-bond acceptors (Lipinski definition) is 7. The van der Waals surface area contributed by atoms with Gasteiger partial charge in [0.25, 0.3) is 5.91 Å². The van der Waals surface area contributed by atoms with Crippen LogP contribution >= 0.6 is 0 Å². The highest BCUT2D eigenvalue weighted by Gasteiger charge is 2.19. The number of nitriles is 1. The number of nitrogens with one attached hydrogen (secondary N) is 1. The molecule has 0 atom stereocenters. The Morgan fingerprint density at radius 3 is 2.48 bits per heavy atom. The summed E-state index contributed by atoms with van der Waals surface area (Å²) in [5.74, 6) is -1.40. The van der Waals surface area contributed by atoms with Crippen molar-refractivity contribution < 1.29 is 23.9 Å². The van der Waals surface area contributed by atoms with E-state index in [0.717, 1.165) is 11.1 Å². The molecule has 0 bridgehead atoms. The summed E-state index contributed by atoms with van der Waals surface area (Å²) >= 11 is 0. The average molecular weight is 374 g/mol. The number of nitrogens with zero attached hydrogens (tertiary/aromatic N) is 2. The standard InChI is InChI=1S/C18H22N4O5/c1-3-26-17(24)14-7-5-6-8-15(14)21-16(23)13(11-20)12-22(10-9-19)18(25)27-4-2/h5-8,12H,3-4,9-10,19H2,1-2H3,(H,21,23)/b13-12-. The number of amides is 2. The predicted molar refractivity (Wildman–Crippen MR) is 97.5 cm³/mol. The Kier molecular flexibility index (Phi) is 9.05. The molecule has 27 heavy (non-hydrogen) atoms. The Bertz CT molecular complexity index is 754. The van der Waals surface area contributed by atoms with Crippen LogP contribution in [-0.2, 0) is 14.3 Å². The Labute approximate surface area is 157 Å². The molecule has 0 heterocycles. The van der Waals surface area contributed by atoms with E-state index in [-0.39, 0.29) is 43.1 Å². The molecule has 0 unspecified atom stereocenters. The molecule has 1 rings (SSSR count). The van der Waals surface area contributed by atoms with Crippen LogP contribution in [0.5, 0.6) is 0 Å². The second-order valence-corrected chi connectivity index (χ2v) is 5.06. The maximum absolute atomic E-state index is 12.4. The van der Waals surface area contributed by atoms with Crippen LogP contribution in [0.3, 0.4) is 0 Å². The van der Waals surface area contributed by atoms with E-state index in [0.29, 0.717) is 0 Å². The lowest BCUT2D eigenvalue weighted by molar-refractivity contribution is -0.112. The summed E-state index contributed by atoms with van der Waals surface area (Å²) in [5.41, 5.74) is 5.43. The Balaban J connectivity index is 3.07. The average Bonchev–Trinajstić information content (AvgIpc) is 2.65.